The second-order valence-corrected chi connectivity index (χ2v) is 3.16. The van der Waals surface area contributed by atoms with Crippen LogP contribution in [0.5, 0.6) is 11.5 Å². The summed E-state index contributed by atoms with van der Waals surface area (Å²) in [6.45, 7) is 0. The van der Waals surface area contributed by atoms with Crippen molar-refractivity contribution < 1.29 is 18.6 Å². The van der Waals surface area contributed by atoms with E-state index in [0.29, 0.717) is 11.3 Å². The molecule has 0 aliphatic heterocycles. The lowest BCUT2D eigenvalue weighted by Crippen LogP contribution is -2.13. The number of alkyl halides is 2. The number of rotatable bonds is 4. The quantitative estimate of drug-likeness (QED) is 0.867. The molecule has 0 fully saturated rings. The van der Waals surface area contributed by atoms with Gasteiger partial charge in [0.2, 0.25) is 6.43 Å². The van der Waals surface area contributed by atoms with Crippen LogP contribution < -0.4 is 10.5 Å². The summed E-state index contributed by atoms with van der Waals surface area (Å²) in [5.41, 5.74) is 5.99. The topological polar surface area (TPSA) is 55.5 Å². The number of hydrogen-bond donors (Lipinski definition) is 2. The van der Waals surface area contributed by atoms with Crippen molar-refractivity contribution >= 4 is 12.4 Å². The van der Waals surface area contributed by atoms with Crippen molar-refractivity contribution in [3.8, 4) is 11.5 Å². The van der Waals surface area contributed by atoms with Crippen molar-refractivity contribution in [1.82, 2.24) is 0 Å². The zero-order chi connectivity index (χ0) is 11.4. The average Bonchev–Trinajstić information content (AvgIpc) is 2.16. The molecule has 0 amide bonds. The van der Waals surface area contributed by atoms with E-state index in [0.717, 1.165) is 0 Å². The van der Waals surface area contributed by atoms with E-state index in [-0.39, 0.29) is 18.2 Å². The predicted octanol–water partition coefficient (Wildman–Crippen LogP) is 2.48. The Labute approximate surface area is 98.6 Å². The zero-order valence-electron chi connectivity index (χ0n) is 8.69. The number of phenolic OH excluding ortho intramolecular Hbond substituents is 1. The number of phenols is 1. The number of ether oxygens (including phenoxy) is 1. The summed E-state index contributed by atoms with van der Waals surface area (Å²) in [6, 6.07) is 3.62. The molecule has 0 saturated heterocycles. The first-order valence-electron chi connectivity index (χ1n) is 4.45. The summed E-state index contributed by atoms with van der Waals surface area (Å²) < 4.78 is 28.9. The van der Waals surface area contributed by atoms with Crippen LogP contribution >= 0.6 is 12.4 Å². The van der Waals surface area contributed by atoms with Crippen molar-refractivity contribution in [3.05, 3.63) is 23.8 Å². The maximum atomic E-state index is 12.0. The van der Waals surface area contributed by atoms with E-state index < -0.39 is 18.9 Å². The van der Waals surface area contributed by atoms with E-state index in [2.05, 4.69) is 0 Å². The Balaban J connectivity index is 0.00000225. The molecule has 16 heavy (non-hydrogen) atoms. The fourth-order valence-corrected chi connectivity index (χ4v) is 1.27. The summed E-state index contributed by atoms with van der Waals surface area (Å²) in [6.07, 6.45) is -2.88. The van der Waals surface area contributed by atoms with E-state index >= 15 is 0 Å². The van der Waals surface area contributed by atoms with Gasteiger partial charge in [0.25, 0.3) is 0 Å². The third-order valence-corrected chi connectivity index (χ3v) is 2.06. The first kappa shape index (κ1) is 14.9. The number of aromatic hydroxyl groups is 1. The fraction of sp³-hybridized carbons (Fsp3) is 0.400. The molecule has 1 rings (SSSR count). The number of nitrogens with two attached hydrogens (primary N) is 1. The summed E-state index contributed by atoms with van der Waals surface area (Å²) >= 11 is 0. The van der Waals surface area contributed by atoms with Gasteiger partial charge in [-0.25, -0.2) is 8.78 Å². The molecule has 0 radical (unpaired) electrons. The monoisotopic (exact) mass is 253 g/mol. The van der Waals surface area contributed by atoms with Crippen LogP contribution in [0.3, 0.4) is 0 Å². The molecule has 0 aliphatic rings. The normalized spacial score (nSPS) is 12.1. The highest BCUT2D eigenvalue weighted by atomic mass is 35.5. The van der Waals surface area contributed by atoms with Gasteiger partial charge < -0.3 is 15.6 Å². The fourth-order valence-electron chi connectivity index (χ4n) is 1.27. The summed E-state index contributed by atoms with van der Waals surface area (Å²) in [7, 11) is 1.41. The molecule has 6 heteroatoms. The molecule has 0 spiro atoms. The molecule has 1 aromatic rings. The Hall–Kier alpha value is -1.07. The van der Waals surface area contributed by atoms with Crippen molar-refractivity contribution in [1.29, 1.82) is 0 Å². The van der Waals surface area contributed by atoms with Crippen molar-refractivity contribution in [2.75, 3.05) is 7.11 Å². The van der Waals surface area contributed by atoms with Gasteiger partial charge in [-0.3, -0.25) is 0 Å². The smallest absolute Gasteiger partial charge is 0.240 e. The minimum atomic E-state index is -2.45. The highest BCUT2D eigenvalue weighted by Gasteiger charge is 2.14. The molecule has 0 heterocycles. The van der Waals surface area contributed by atoms with Gasteiger partial charge in [-0.2, -0.15) is 0 Å². The van der Waals surface area contributed by atoms with Gasteiger partial charge >= 0.3 is 0 Å². The number of benzene rings is 1. The van der Waals surface area contributed by atoms with Crippen LogP contribution in [0.25, 0.3) is 0 Å². The average molecular weight is 254 g/mol. The minimum Gasteiger partial charge on any atom is -0.504 e. The minimum absolute atomic E-state index is 0. The number of halogens is 3. The third-order valence-electron chi connectivity index (χ3n) is 2.06. The van der Waals surface area contributed by atoms with Crippen molar-refractivity contribution in [2.45, 2.75) is 18.9 Å². The maximum absolute atomic E-state index is 12.0. The molecule has 1 aromatic carbocycles. The van der Waals surface area contributed by atoms with Crippen LogP contribution in [0.4, 0.5) is 8.78 Å². The predicted molar refractivity (Wildman–Crippen MR) is 59.5 cm³/mol. The van der Waals surface area contributed by atoms with Gasteiger partial charge in [-0.15, -0.1) is 12.4 Å². The van der Waals surface area contributed by atoms with Gasteiger partial charge in [-0.1, -0.05) is 6.07 Å². The second-order valence-electron chi connectivity index (χ2n) is 3.16. The lowest BCUT2D eigenvalue weighted by Gasteiger charge is -2.12. The van der Waals surface area contributed by atoms with Gasteiger partial charge in [0.1, 0.15) is 0 Å². The molecule has 0 unspecified atom stereocenters. The molecule has 3 N–H and O–H groups in total. The Kier molecular flexibility index (Phi) is 6.06. The summed E-state index contributed by atoms with van der Waals surface area (Å²) in [5.74, 6) is 0.197. The SMILES string of the molecule is COc1ccc([C@@H](N)CC(F)F)cc1O.Cl. The second kappa shape index (κ2) is 6.50. The molecular weight excluding hydrogens is 240 g/mol. The van der Waals surface area contributed by atoms with Crippen LogP contribution in [0.15, 0.2) is 18.2 Å². The van der Waals surface area contributed by atoms with E-state index in [1.54, 1.807) is 6.07 Å². The van der Waals surface area contributed by atoms with E-state index in [9.17, 15) is 13.9 Å². The summed E-state index contributed by atoms with van der Waals surface area (Å²) in [4.78, 5) is 0. The Morgan fingerprint density at radius 3 is 2.50 bits per heavy atom. The number of hydrogen-bond acceptors (Lipinski definition) is 3. The lowest BCUT2D eigenvalue weighted by molar-refractivity contribution is 0.128. The van der Waals surface area contributed by atoms with Gasteiger partial charge in [0, 0.05) is 12.5 Å². The molecule has 0 aliphatic carbocycles. The maximum Gasteiger partial charge on any atom is 0.240 e. The Morgan fingerprint density at radius 1 is 1.44 bits per heavy atom. The van der Waals surface area contributed by atoms with Crippen molar-refractivity contribution in [2.24, 2.45) is 5.73 Å². The highest BCUT2D eigenvalue weighted by molar-refractivity contribution is 5.85. The molecule has 0 bridgehead atoms. The van der Waals surface area contributed by atoms with E-state index in [1.807, 2.05) is 0 Å². The molecular formula is C10H14ClF2NO2. The van der Waals surface area contributed by atoms with Crippen LogP contribution in [-0.4, -0.2) is 18.6 Å². The largest absolute Gasteiger partial charge is 0.504 e. The van der Waals surface area contributed by atoms with Crippen LogP contribution in [-0.2, 0) is 0 Å². The first-order valence-corrected chi connectivity index (χ1v) is 4.45. The Bertz CT molecular complexity index is 337. The molecule has 3 nitrogen and oxygen atoms in total. The van der Waals surface area contributed by atoms with Crippen molar-refractivity contribution in [3.63, 3.8) is 0 Å². The van der Waals surface area contributed by atoms with Gasteiger partial charge in [-0.05, 0) is 17.7 Å². The standard InChI is InChI=1S/C10H13F2NO2.ClH/c1-15-9-3-2-6(4-8(9)14)7(13)5-10(11)12;/h2-4,7,10,14H,5,13H2,1H3;1H/t7-;/m0./s1. The highest BCUT2D eigenvalue weighted by Crippen LogP contribution is 2.29. The lowest BCUT2D eigenvalue weighted by atomic mass is 10.0. The molecule has 92 valence electrons. The Morgan fingerprint density at radius 2 is 2.06 bits per heavy atom. The van der Waals surface area contributed by atoms with E-state index in [1.165, 1.54) is 19.2 Å². The van der Waals surface area contributed by atoms with Gasteiger partial charge in [0.15, 0.2) is 11.5 Å². The van der Waals surface area contributed by atoms with Crippen LogP contribution in [0, 0.1) is 0 Å². The van der Waals surface area contributed by atoms with Gasteiger partial charge in [0.05, 0.1) is 7.11 Å². The molecule has 0 saturated carbocycles. The first-order chi connectivity index (χ1) is 7.04. The van der Waals surface area contributed by atoms with Crippen LogP contribution in [0.1, 0.15) is 18.0 Å². The molecule has 0 aromatic heterocycles. The van der Waals surface area contributed by atoms with E-state index in [4.69, 9.17) is 10.5 Å². The zero-order valence-corrected chi connectivity index (χ0v) is 9.51. The summed E-state index contributed by atoms with van der Waals surface area (Å²) in [5, 5.41) is 9.41. The number of methoxy groups -OCH3 is 1. The third kappa shape index (κ3) is 3.83. The van der Waals surface area contributed by atoms with Crippen LogP contribution in [0.2, 0.25) is 0 Å². The molecule has 1 atom stereocenters.